The first-order valence-electron chi connectivity index (χ1n) is 11.8. The van der Waals surface area contributed by atoms with Crippen LogP contribution in [0.4, 0.5) is 13.2 Å². The van der Waals surface area contributed by atoms with E-state index in [1.54, 1.807) is 25.3 Å². The Morgan fingerprint density at radius 3 is 2.65 bits per heavy atom. The van der Waals surface area contributed by atoms with Gasteiger partial charge in [-0.3, -0.25) is 0 Å². The maximum atomic E-state index is 13.1. The topological polar surface area (TPSA) is 54.0 Å². The van der Waals surface area contributed by atoms with E-state index in [0.29, 0.717) is 35.3 Å². The van der Waals surface area contributed by atoms with Gasteiger partial charge >= 0.3 is 6.18 Å². The molecule has 3 heterocycles. The van der Waals surface area contributed by atoms with Crippen LogP contribution >= 0.6 is 0 Å². The van der Waals surface area contributed by atoms with Gasteiger partial charge in [0.1, 0.15) is 5.82 Å². The first kappa shape index (κ1) is 24.3. The number of hydrogen-bond acceptors (Lipinski definition) is 4. The van der Waals surface area contributed by atoms with E-state index in [1.165, 1.54) is 38.4 Å². The number of nitrogens with one attached hydrogen (secondary N) is 1. The largest absolute Gasteiger partial charge is 0.478 e. The molecule has 1 aliphatic rings. The van der Waals surface area contributed by atoms with Crippen molar-refractivity contribution in [3.8, 4) is 28.5 Å². The number of likely N-dealkylation sites (tertiary alicyclic amines) is 1. The molecular weight excluding hydrogens is 441 g/mol. The van der Waals surface area contributed by atoms with Crippen LogP contribution in [0, 0.1) is 12.8 Å². The standard InChI is InChI=1S/C26H31F3N4O/c1-18-24(20-7-5-8-22(16-20)26(27,28)29)32-25(31-18)21-9-12-30-23(17-21)34-15-4-3-6-19-10-13-33(2)14-11-19/h5,7-9,12,16-17,19H,3-4,6,10-11,13-15H2,1-2H3,(H,31,32). The molecule has 0 amide bonds. The summed E-state index contributed by atoms with van der Waals surface area (Å²) in [6, 6.07) is 8.84. The van der Waals surface area contributed by atoms with Gasteiger partial charge in [-0.2, -0.15) is 13.2 Å². The predicted molar refractivity (Wildman–Crippen MR) is 127 cm³/mol. The Morgan fingerprint density at radius 2 is 1.88 bits per heavy atom. The van der Waals surface area contributed by atoms with Gasteiger partial charge in [-0.05, 0) is 76.9 Å². The van der Waals surface area contributed by atoms with Crippen LogP contribution < -0.4 is 4.74 Å². The summed E-state index contributed by atoms with van der Waals surface area (Å²) in [5, 5.41) is 0. The molecule has 182 valence electrons. The summed E-state index contributed by atoms with van der Waals surface area (Å²) in [5.74, 6) is 1.91. The predicted octanol–water partition coefficient (Wildman–Crippen LogP) is 6.36. The number of H-pyrrole nitrogens is 1. The quantitative estimate of drug-likeness (QED) is 0.388. The Hall–Kier alpha value is -2.87. The molecule has 34 heavy (non-hydrogen) atoms. The number of hydrogen-bond donors (Lipinski definition) is 1. The molecule has 1 saturated heterocycles. The molecule has 0 bridgehead atoms. The molecule has 4 rings (SSSR count). The van der Waals surface area contributed by atoms with Gasteiger partial charge in [-0.25, -0.2) is 9.97 Å². The maximum Gasteiger partial charge on any atom is 0.416 e. The maximum absolute atomic E-state index is 13.1. The highest BCUT2D eigenvalue weighted by atomic mass is 19.4. The normalized spacial score (nSPS) is 15.6. The fourth-order valence-corrected chi connectivity index (χ4v) is 4.42. The molecule has 2 aromatic heterocycles. The molecule has 1 aromatic carbocycles. The molecular formula is C26H31F3N4O. The van der Waals surface area contributed by atoms with Crippen LogP contribution in [0.15, 0.2) is 42.6 Å². The zero-order valence-corrected chi connectivity index (χ0v) is 19.7. The Balaban J connectivity index is 1.36. The first-order valence-corrected chi connectivity index (χ1v) is 11.8. The van der Waals surface area contributed by atoms with Crippen molar-refractivity contribution in [2.24, 2.45) is 5.92 Å². The highest BCUT2D eigenvalue weighted by Crippen LogP contribution is 2.33. The molecule has 0 aliphatic carbocycles. The van der Waals surface area contributed by atoms with Crippen LogP contribution in [0.25, 0.3) is 22.6 Å². The van der Waals surface area contributed by atoms with Gasteiger partial charge in [-0.1, -0.05) is 18.6 Å². The minimum atomic E-state index is -4.40. The van der Waals surface area contributed by atoms with Gasteiger partial charge < -0.3 is 14.6 Å². The number of alkyl halides is 3. The van der Waals surface area contributed by atoms with Crippen LogP contribution in [-0.4, -0.2) is 46.6 Å². The van der Waals surface area contributed by atoms with Gasteiger partial charge in [0, 0.05) is 29.1 Å². The number of halogens is 3. The van der Waals surface area contributed by atoms with Crippen LogP contribution in [0.5, 0.6) is 5.88 Å². The van der Waals surface area contributed by atoms with Crippen LogP contribution in [0.3, 0.4) is 0 Å². The van der Waals surface area contributed by atoms with Crippen molar-refractivity contribution >= 4 is 0 Å². The first-order chi connectivity index (χ1) is 16.3. The van der Waals surface area contributed by atoms with Crippen molar-refractivity contribution in [2.45, 2.75) is 45.2 Å². The fourth-order valence-electron chi connectivity index (χ4n) is 4.42. The van der Waals surface area contributed by atoms with E-state index < -0.39 is 11.7 Å². The molecule has 1 fully saturated rings. The molecule has 0 radical (unpaired) electrons. The molecule has 1 aliphatic heterocycles. The number of unbranched alkanes of at least 4 members (excludes halogenated alkanes) is 1. The number of piperidine rings is 1. The number of ether oxygens (including phenoxy) is 1. The van der Waals surface area contributed by atoms with Gasteiger partial charge in [0.2, 0.25) is 5.88 Å². The Labute approximate surface area is 198 Å². The van der Waals surface area contributed by atoms with E-state index in [4.69, 9.17) is 4.74 Å². The Bertz CT molecular complexity index is 1090. The average molecular weight is 473 g/mol. The van der Waals surface area contributed by atoms with E-state index in [-0.39, 0.29) is 0 Å². The van der Waals surface area contributed by atoms with E-state index >= 15 is 0 Å². The lowest BCUT2D eigenvalue weighted by Crippen LogP contribution is -2.30. The number of benzene rings is 1. The number of pyridine rings is 1. The smallest absolute Gasteiger partial charge is 0.416 e. The summed E-state index contributed by atoms with van der Waals surface area (Å²) >= 11 is 0. The molecule has 5 nitrogen and oxygen atoms in total. The summed E-state index contributed by atoms with van der Waals surface area (Å²) in [5.41, 5.74) is 1.70. The third kappa shape index (κ3) is 6.17. The number of aryl methyl sites for hydroxylation is 1. The van der Waals surface area contributed by atoms with Gasteiger partial charge in [-0.15, -0.1) is 0 Å². The molecule has 8 heteroatoms. The van der Waals surface area contributed by atoms with Gasteiger partial charge in [0.15, 0.2) is 0 Å². The van der Waals surface area contributed by atoms with Crippen LogP contribution in [0.2, 0.25) is 0 Å². The summed E-state index contributed by atoms with van der Waals surface area (Å²) < 4.78 is 45.2. The lowest BCUT2D eigenvalue weighted by atomic mass is 9.92. The zero-order valence-electron chi connectivity index (χ0n) is 19.7. The minimum Gasteiger partial charge on any atom is -0.478 e. The minimum absolute atomic E-state index is 0.421. The molecule has 3 aromatic rings. The van der Waals surface area contributed by atoms with Gasteiger partial charge in [0.25, 0.3) is 0 Å². The number of rotatable bonds is 8. The van der Waals surface area contributed by atoms with E-state index in [1.807, 2.05) is 6.07 Å². The van der Waals surface area contributed by atoms with Crippen LogP contribution in [0.1, 0.15) is 43.4 Å². The van der Waals surface area contributed by atoms with Crippen LogP contribution in [-0.2, 0) is 6.18 Å². The summed E-state index contributed by atoms with van der Waals surface area (Å²) in [7, 11) is 2.18. The van der Waals surface area contributed by atoms with E-state index in [2.05, 4.69) is 26.9 Å². The lowest BCUT2D eigenvalue weighted by Gasteiger charge is -2.28. The van der Waals surface area contributed by atoms with Crippen molar-refractivity contribution in [3.63, 3.8) is 0 Å². The zero-order chi connectivity index (χ0) is 24.1. The number of aromatic nitrogens is 3. The molecule has 0 saturated carbocycles. The summed E-state index contributed by atoms with van der Waals surface area (Å²) in [6.07, 6.45) is 3.20. The third-order valence-electron chi connectivity index (χ3n) is 6.45. The van der Waals surface area contributed by atoms with Crippen molar-refractivity contribution in [2.75, 3.05) is 26.7 Å². The molecule has 1 N–H and O–H groups in total. The van der Waals surface area contributed by atoms with Crippen molar-refractivity contribution < 1.29 is 17.9 Å². The summed E-state index contributed by atoms with van der Waals surface area (Å²) in [6.45, 7) is 4.80. The third-order valence-corrected chi connectivity index (χ3v) is 6.45. The highest BCUT2D eigenvalue weighted by Gasteiger charge is 2.30. The van der Waals surface area contributed by atoms with E-state index in [9.17, 15) is 13.2 Å². The monoisotopic (exact) mass is 472 g/mol. The SMILES string of the molecule is Cc1[nH]c(-c2ccnc(OCCCCC3CCN(C)CC3)c2)nc1-c1cccc(C(F)(F)F)c1. The second-order valence-corrected chi connectivity index (χ2v) is 9.11. The fraction of sp³-hybridized carbons (Fsp3) is 0.462. The van der Waals surface area contributed by atoms with Crippen molar-refractivity contribution in [3.05, 3.63) is 53.9 Å². The Kier molecular flexibility index (Phi) is 7.56. The highest BCUT2D eigenvalue weighted by molar-refractivity contribution is 5.68. The molecule has 0 unspecified atom stereocenters. The molecule has 0 atom stereocenters. The lowest BCUT2D eigenvalue weighted by molar-refractivity contribution is -0.137. The summed E-state index contributed by atoms with van der Waals surface area (Å²) in [4.78, 5) is 14.4. The van der Waals surface area contributed by atoms with Crippen molar-refractivity contribution in [1.82, 2.24) is 19.9 Å². The second-order valence-electron chi connectivity index (χ2n) is 9.11. The number of aromatic amines is 1. The second kappa shape index (κ2) is 10.6. The molecule has 0 spiro atoms. The Morgan fingerprint density at radius 1 is 1.09 bits per heavy atom. The number of nitrogens with zero attached hydrogens (tertiary/aromatic N) is 3. The van der Waals surface area contributed by atoms with Crippen molar-refractivity contribution in [1.29, 1.82) is 0 Å². The number of imidazole rings is 1. The van der Waals surface area contributed by atoms with E-state index in [0.717, 1.165) is 36.5 Å². The van der Waals surface area contributed by atoms with Gasteiger partial charge in [0.05, 0.1) is 17.9 Å². The average Bonchev–Trinajstić information content (AvgIpc) is 3.21.